The molecule has 1 aromatic heterocycles. The molecule has 4 rings (SSSR count). The van der Waals surface area contributed by atoms with Gasteiger partial charge in [-0.15, -0.1) is 0 Å². The van der Waals surface area contributed by atoms with Crippen molar-refractivity contribution >= 4 is 63.7 Å². The van der Waals surface area contributed by atoms with E-state index in [1.165, 1.54) is 4.90 Å². The highest BCUT2D eigenvalue weighted by Gasteiger charge is 2.44. The number of benzene rings is 2. The number of halogens is 2. The van der Waals surface area contributed by atoms with Gasteiger partial charge in [0, 0.05) is 30.5 Å². The largest absolute Gasteiger partial charge is 0.333 e. The first-order chi connectivity index (χ1) is 16.6. The molecule has 1 aliphatic rings. The Kier molecular flexibility index (Phi) is 7.17. The molecule has 2 amide bonds. The molecule has 0 bridgehead atoms. The van der Waals surface area contributed by atoms with E-state index in [0.717, 1.165) is 22.5 Å². The second-order valence-electron chi connectivity index (χ2n) is 8.59. The van der Waals surface area contributed by atoms with Crippen LogP contribution < -0.4 is 10.2 Å². The molecule has 2 heterocycles. The summed E-state index contributed by atoms with van der Waals surface area (Å²) in [5.74, 6) is -0.592. The summed E-state index contributed by atoms with van der Waals surface area (Å²) in [6, 6.07) is 11.6. The maximum absolute atomic E-state index is 13.6. The van der Waals surface area contributed by atoms with E-state index in [9.17, 15) is 9.59 Å². The number of nitrogens with zero attached hydrogens (tertiary/aromatic N) is 4. The normalized spacial score (nSPS) is 15.6. The highest BCUT2D eigenvalue weighted by atomic mass is 35.5. The van der Waals surface area contributed by atoms with E-state index in [2.05, 4.69) is 10.4 Å². The van der Waals surface area contributed by atoms with Crippen LogP contribution in [-0.2, 0) is 23.2 Å². The number of nitrogens with one attached hydrogen (secondary N) is 1. The van der Waals surface area contributed by atoms with Crippen molar-refractivity contribution in [2.75, 3.05) is 10.2 Å². The van der Waals surface area contributed by atoms with Crippen LogP contribution in [0.25, 0.3) is 0 Å². The first-order valence-corrected chi connectivity index (χ1v) is 12.2. The lowest BCUT2D eigenvalue weighted by atomic mass is 10.1. The third-order valence-electron chi connectivity index (χ3n) is 6.18. The summed E-state index contributed by atoms with van der Waals surface area (Å²) < 4.78 is 1.79. The second kappa shape index (κ2) is 9.97. The quantitative estimate of drug-likeness (QED) is 0.362. The van der Waals surface area contributed by atoms with Crippen molar-refractivity contribution in [2.24, 2.45) is 7.05 Å². The van der Waals surface area contributed by atoms with E-state index in [1.807, 2.05) is 46.0 Å². The van der Waals surface area contributed by atoms with Crippen LogP contribution in [0.3, 0.4) is 0 Å². The summed E-state index contributed by atoms with van der Waals surface area (Å²) in [5, 5.41) is 8.75. The SMILES string of the molecule is Cc1cccc(N2C(=O)CC(N(Cc3c(C)nn(C)c3C)C(=S)Nc3ccc(Cl)c(Cl)c3)C2=O)c1. The van der Waals surface area contributed by atoms with Gasteiger partial charge in [0.1, 0.15) is 6.04 Å². The van der Waals surface area contributed by atoms with Crippen LogP contribution in [0.2, 0.25) is 10.0 Å². The van der Waals surface area contributed by atoms with Crippen LogP contribution in [0.1, 0.15) is 28.9 Å². The summed E-state index contributed by atoms with van der Waals surface area (Å²) in [6.07, 6.45) is 0.00826. The van der Waals surface area contributed by atoms with Crippen LogP contribution in [0.5, 0.6) is 0 Å². The number of aromatic nitrogens is 2. The van der Waals surface area contributed by atoms with Gasteiger partial charge in [-0.25, -0.2) is 4.90 Å². The van der Waals surface area contributed by atoms with E-state index in [0.29, 0.717) is 33.1 Å². The Morgan fingerprint density at radius 2 is 1.89 bits per heavy atom. The number of thiocarbonyl (C=S) groups is 1. The molecule has 1 fully saturated rings. The molecule has 3 aromatic rings. The molecule has 1 saturated heterocycles. The van der Waals surface area contributed by atoms with Gasteiger partial charge in [-0.2, -0.15) is 5.10 Å². The fourth-order valence-electron chi connectivity index (χ4n) is 4.21. The first kappa shape index (κ1) is 25.2. The number of hydrogen-bond acceptors (Lipinski definition) is 4. The van der Waals surface area contributed by atoms with Crippen molar-refractivity contribution in [1.29, 1.82) is 0 Å². The number of aryl methyl sites for hydroxylation is 3. The van der Waals surface area contributed by atoms with Gasteiger partial charge in [-0.05, 0) is 68.9 Å². The number of carbonyl (C=O) groups excluding carboxylic acids is 2. The van der Waals surface area contributed by atoms with Crippen molar-refractivity contribution in [3.63, 3.8) is 0 Å². The van der Waals surface area contributed by atoms with Crippen molar-refractivity contribution in [3.8, 4) is 0 Å². The monoisotopic (exact) mass is 529 g/mol. The molecule has 0 saturated carbocycles. The van der Waals surface area contributed by atoms with Gasteiger partial charge in [-0.3, -0.25) is 14.3 Å². The first-order valence-electron chi connectivity index (χ1n) is 11.0. The van der Waals surface area contributed by atoms with Gasteiger partial charge in [-0.1, -0.05) is 35.3 Å². The number of amides is 2. The minimum atomic E-state index is -0.773. The molecule has 35 heavy (non-hydrogen) atoms. The number of hydrogen-bond donors (Lipinski definition) is 1. The van der Waals surface area contributed by atoms with Crippen LogP contribution in [-0.4, -0.2) is 37.6 Å². The minimum absolute atomic E-state index is 0.00826. The lowest BCUT2D eigenvalue weighted by Crippen LogP contribution is -2.47. The maximum atomic E-state index is 13.6. The van der Waals surface area contributed by atoms with E-state index in [-0.39, 0.29) is 18.2 Å². The van der Waals surface area contributed by atoms with Crippen LogP contribution in [0.15, 0.2) is 42.5 Å². The molecule has 1 unspecified atom stereocenters. The van der Waals surface area contributed by atoms with Crippen LogP contribution in [0, 0.1) is 20.8 Å². The molecule has 10 heteroatoms. The van der Waals surface area contributed by atoms with Gasteiger partial charge in [0.2, 0.25) is 5.91 Å². The standard InChI is InChI=1S/C25H25Cl2N5O2S/c1-14-6-5-7-18(10-14)32-23(33)12-22(24(32)34)31(13-19-15(2)29-30(4)16(19)3)25(35)28-17-8-9-20(26)21(27)11-17/h5-11,22H,12-13H2,1-4H3,(H,28,35). The molecule has 1 atom stereocenters. The zero-order valence-electron chi connectivity index (χ0n) is 19.8. The zero-order valence-corrected chi connectivity index (χ0v) is 22.1. The minimum Gasteiger partial charge on any atom is -0.333 e. The van der Waals surface area contributed by atoms with Gasteiger partial charge < -0.3 is 10.2 Å². The van der Waals surface area contributed by atoms with Crippen molar-refractivity contribution in [3.05, 3.63) is 75.0 Å². The summed E-state index contributed by atoms with van der Waals surface area (Å²) >= 11 is 18.0. The summed E-state index contributed by atoms with van der Waals surface area (Å²) in [5.41, 5.74) is 4.87. The molecule has 0 radical (unpaired) electrons. The Labute approximate surface area is 219 Å². The van der Waals surface area contributed by atoms with Gasteiger partial charge in [0.05, 0.1) is 27.8 Å². The van der Waals surface area contributed by atoms with Gasteiger partial charge in [0.25, 0.3) is 5.91 Å². The van der Waals surface area contributed by atoms with E-state index >= 15 is 0 Å². The fourth-order valence-corrected chi connectivity index (χ4v) is 4.81. The summed E-state index contributed by atoms with van der Waals surface area (Å²) in [6.45, 7) is 6.10. The maximum Gasteiger partial charge on any atom is 0.257 e. The Balaban J connectivity index is 1.69. The third kappa shape index (κ3) is 5.05. The highest BCUT2D eigenvalue weighted by Crippen LogP contribution is 2.30. The number of rotatable bonds is 5. The molecule has 7 nitrogen and oxygen atoms in total. The molecule has 0 spiro atoms. The zero-order chi connectivity index (χ0) is 25.4. The van der Waals surface area contributed by atoms with Crippen LogP contribution >= 0.6 is 35.4 Å². The fraction of sp³-hybridized carbons (Fsp3) is 0.280. The average molecular weight is 530 g/mol. The van der Waals surface area contributed by atoms with Crippen molar-refractivity contribution in [1.82, 2.24) is 14.7 Å². The topological polar surface area (TPSA) is 70.5 Å². The average Bonchev–Trinajstić information content (AvgIpc) is 3.22. The third-order valence-corrected chi connectivity index (χ3v) is 7.25. The number of anilines is 2. The lowest BCUT2D eigenvalue weighted by Gasteiger charge is -2.30. The molecule has 1 N–H and O–H groups in total. The predicted molar refractivity (Wildman–Crippen MR) is 143 cm³/mol. The van der Waals surface area contributed by atoms with Crippen molar-refractivity contribution < 1.29 is 9.59 Å². The van der Waals surface area contributed by atoms with E-state index in [4.69, 9.17) is 35.4 Å². The molecular formula is C25H25Cl2N5O2S. The Hall–Kier alpha value is -2.94. The van der Waals surface area contributed by atoms with Crippen molar-refractivity contribution in [2.45, 2.75) is 39.8 Å². The summed E-state index contributed by atoms with van der Waals surface area (Å²) in [4.78, 5) is 29.6. The summed E-state index contributed by atoms with van der Waals surface area (Å²) in [7, 11) is 1.87. The Morgan fingerprint density at radius 3 is 2.51 bits per heavy atom. The van der Waals surface area contributed by atoms with Gasteiger partial charge in [0.15, 0.2) is 5.11 Å². The smallest absolute Gasteiger partial charge is 0.257 e. The number of imide groups is 1. The molecule has 182 valence electrons. The highest BCUT2D eigenvalue weighted by molar-refractivity contribution is 7.80. The second-order valence-corrected chi connectivity index (χ2v) is 9.79. The number of carbonyl (C=O) groups is 2. The predicted octanol–water partition coefficient (Wildman–Crippen LogP) is 5.18. The molecule has 0 aliphatic carbocycles. The lowest BCUT2D eigenvalue weighted by molar-refractivity contribution is -0.122. The molecule has 1 aliphatic heterocycles. The Bertz CT molecular complexity index is 1340. The van der Waals surface area contributed by atoms with Gasteiger partial charge >= 0.3 is 0 Å². The molecular weight excluding hydrogens is 505 g/mol. The van der Waals surface area contributed by atoms with E-state index < -0.39 is 6.04 Å². The molecule has 2 aromatic carbocycles. The van der Waals surface area contributed by atoms with E-state index in [1.54, 1.807) is 33.8 Å². The Morgan fingerprint density at radius 1 is 1.14 bits per heavy atom. The van der Waals surface area contributed by atoms with Crippen LogP contribution in [0.4, 0.5) is 11.4 Å².